The van der Waals surface area contributed by atoms with Gasteiger partial charge in [0.25, 0.3) is 5.90 Å². The van der Waals surface area contributed by atoms with E-state index in [1.54, 1.807) is 7.11 Å². The van der Waals surface area contributed by atoms with Crippen LogP contribution in [0.2, 0.25) is 0 Å². The molecule has 0 fully saturated rings. The maximum atomic E-state index is 12.0. The highest BCUT2D eigenvalue weighted by Crippen LogP contribution is 2.32. The zero-order chi connectivity index (χ0) is 16.4. The van der Waals surface area contributed by atoms with E-state index in [-0.39, 0.29) is 5.91 Å². The van der Waals surface area contributed by atoms with Crippen LogP contribution in [0.1, 0.15) is 24.3 Å². The molecule has 0 aliphatic carbocycles. The Balaban J connectivity index is 1.85. The molecule has 1 aromatic carbocycles. The molecule has 0 saturated carbocycles. The van der Waals surface area contributed by atoms with E-state index in [9.17, 15) is 4.79 Å². The first kappa shape index (κ1) is 15.6. The van der Waals surface area contributed by atoms with Gasteiger partial charge in [-0.3, -0.25) is 4.79 Å². The second-order valence-electron chi connectivity index (χ2n) is 5.52. The van der Waals surface area contributed by atoms with E-state index in [0.717, 1.165) is 16.2 Å². The summed E-state index contributed by atoms with van der Waals surface area (Å²) in [5, 5.41) is 7.76. The second kappa shape index (κ2) is 6.04. The Bertz CT molecular complexity index is 725. The largest absolute Gasteiger partial charge is 0.497 e. The number of nitrogens with zero attached hydrogens (tertiary/aromatic N) is 2. The lowest BCUT2D eigenvalue weighted by atomic mass is 10.0. The van der Waals surface area contributed by atoms with Gasteiger partial charge < -0.3 is 9.47 Å². The van der Waals surface area contributed by atoms with E-state index in [2.05, 4.69) is 5.10 Å². The minimum Gasteiger partial charge on any atom is -0.497 e. The minimum atomic E-state index is -0.834. The molecule has 120 valence electrons. The molecule has 3 rings (SSSR count). The summed E-state index contributed by atoms with van der Waals surface area (Å²) in [5.74, 6) is 1.14. The monoisotopic (exact) mass is 330 g/mol. The van der Waals surface area contributed by atoms with Crippen molar-refractivity contribution in [2.45, 2.75) is 26.0 Å². The summed E-state index contributed by atoms with van der Waals surface area (Å²) >= 11 is 1.54. The van der Waals surface area contributed by atoms with Gasteiger partial charge >= 0.3 is 0 Å². The van der Waals surface area contributed by atoms with Crippen molar-refractivity contribution in [3.05, 3.63) is 52.2 Å². The van der Waals surface area contributed by atoms with Crippen molar-refractivity contribution in [1.29, 1.82) is 0 Å². The highest BCUT2D eigenvalue weighted by molar-refractivity contribution is 7.12. The molecular formula is C17H18N2O3S. The Labute approximate surface area is 139 Å². The summed E-state index contributed by atoms with van der Waals surface area (Å²) in [6.45, 7) is 3.37. The molecule has 5 nitrogen and oxygen atoms in total. The number of hydrogen-bond donors (Lipinski definition) is 0. The van der Waals surface area contributed by atoms with Crippen molar-refractivity contribution >= 4 is 23.1 Å². The third-order valence-electron chi connectivity index (χ3n) is 3.68. The third-order valence-corrected chi connectivity index (χ3v) is 4.53. The molecule has 1 aliphatic heterocycles. The van der Waals surface area contributed by atoms with Gasteiger partial charge in [-0.05, 0) is 36.1 Å². The average Bonchev–Trinajstić information content (AvgIpc) is 3.15. The van der Waals surface area contributed by atoms with Gasteiger partial charge in [-0.2, -0.15) is 5.01 Å². The van der Waals surface area contributed by atoms with E-state index in [1.165, 1.54) is 23.3 Å². The quantitative estimate of drug-likeness (QED) is 0.864. The van der Waals surface area contributed by atoms with Crippen molar-refractivity contribution in [2.75, 3.05) is 7.11 Å². The van der Waals surface area contributed by atoms with Crippen molar-refractivity contribution in [2.24, 2.45) is 5.10 Å². The number of amides is 1. The zero-order valence-corrected chi connectivity index (χ0v) is 14.1. The fourth-order valence-corrected chi connectivity index (χ4v) is 3.25. The maximum Gasteiger partial charge on any atom is 0.251 e. The predicted molar refractivity (Wildman–Crippen MR) is 89.6 cm³/mol. The Morgan fingerprint density at radius 1 is 1.35 bits per heavy atom. The van der Waals surface area contributed by atoms with Crippen LogP contribution in [0.15, 0.2) is 46.9 Å². The van der Waals surface area contributed by atoms with Crippen LogP contribution < -0.4 is 4.74 Å². The highest BCUT2D eigenvalue weighted by atomic mass is 32.1. The average molecular weight is 330 g/mol. The van der Waals surface area contributed by atoms with Crippen LogP contribution in [0.25, 0.3) is 0 Å². The Morgan fingerprint density at radius 2 is 2.09 bits per heavy atom. The van der Waals surface area contributed by atoms with E-state index in [1.807, 2.05) is 48.7 Å². The van der Waals surface area contributed by atoms with Gasteiger partial charge in [0.05, 0.1) is 12.0 Å². The predicted octanol–water partition coefficient (Wildman–Crippen LogP) is 3.26. The van der Waals surface area contributed by atoms with Crippen LogP contribution in [0, 0.1) is 0 Å². The molecule has 0 bridgehead atoms. The van der Waals surface area contributed by atoms with Crippen LogP contribution in [0.5, 0.6) is 5.75 Å². The second-order valence-corrected chi connectivity index (χ2v) is 6.46. The lowest BCUT2D eigenvalue weighted by molar-refractivity contribution is -0.144. The number of carbonyl (C=O) groups excluding carboxylic acids is 1. The van der Waals surface area contributed by atoms with Crippen molar-refractivity contribution in [3.8, 4) is 5.75 Å². The fourth-order valence-electron chi connectivity index (χ4n) is 2.60. The summed E-state index contributed by atoms with van der Waals surface area (Å²) < 4.78 is 11.2. The summed E-state index contributed by atoms with van der Waals surface area (Å²) in [6.07, 6.45) is 0.537. The lowest BCUT2D eigenvalue weighted by Gasteiger charge is -2.30. The molecule has 1 amide bonds. The normalized spacial score (nSPS) is 20.1. The summed E-state index contributed by atoms with van der Waals surface area (Å²) in [6, 6.07) is 11.6. The SMILES string of the molecule is COc1ccc(CC2(C)OC(c3cccs3)=NN2C(C)=O)cc1. The number of thiophene rings is 1. The number of methoxy groups -OCH3 is 1. The number of ether oxygens (including phenoxy) is 2. The van der Waals surface area contributed by atoms with Crippen LogP contribution in [0.4, 0.5) is 0 Å². The zero-order valence-electron chi connectivity index (χ0n) is 13.3. The number of rotatable bonds is 4. The van der Waals surface area contributed by atoms with Gasteiger partial charge in [0.2, 0.25) is 11.6 Å². The van der Waals surface area contributed by atoms with Gasteiger partial charge in [0.15, 0.2) is 0 Å². The topological polar surface area (TPSA) is 51.1 Å². The van der Waals surface area contributed by atoms with Gasteiger partial charge in [-0.15, -0.1) is 16.4 Å². The minimum absolute atomic E-state index is 0.146. The van der Waals surface area contributed by atoms with E-state index < -0.39 is 5.72 Å². The Kier molecular flexibility index (Phi) is 4.09. The Morgan fingerprint density at radius 3 is 2.65 bits per heavy atom. The van der Waals surface area contributed by atoms with Gasteiger partial charge in [0, 0.05) is 13.3 Å². The molecule has 0 N–H and O–H groups in total. The first-order chi connectivity index (χ1) is 11.0. The molecular weight excluding hydrogens is 312 g/mol. The fraction of sp³-hybridized carbons (Fsp3) is 0.294. The smallest absolute Gasteiger partial charge is 0.251 e. The van der Waals surface area contributed by atoms with Crippen LogP contribution >= 0.6 is 11.3 Å². The van der Waals surface area contributed by atoms with Crippen LogP contribution in [-0.2, 0) is 16.0 Å². The summed E-state index contributed by atoms with van der Waals surface area (Å²) in [5.41, 5.74) is 0.210. The van der Waals surface area contributed by atoms with E-state index in [0.29, 0.717) is 12.3 Å². The lowest BCUT2D eigenvalue weighted by Crippen LogP contribution is -2.45. The van der Waals surface area contributed by atoms with Gasteiger partial charge in [-0.25, -0.2) is 0 Å². The van der Waals surface area contributed by atoms with Crippen molar-refractivity contribution in [3.63, 3.8) is 0 Å². The molecule has 23 heavy (non-hydrogen) atoms. The molecule has 2 aromatic rings. The van der Waals surface area contributed by atoms with Crippen molar-refractivity contribution in [1.82, 2.24) is 5.01 Å². The van der Waals surface area contributed by atoms with Crippen molar-refractivity contribution < 1.29 is 14.3 Å². The van der Waals surface area contributed by atoms with E-state index >= 15 is 0 Å². The summed E-state index contributed by atoms with van der Waals surface area (Å²) in [7, 11) is 1.63. The molecule has 0 radical (unpaired) electrons. The van der Waals surface area contributed by atoms with Gasteiger partial charge in [0.1, 0.15) is 5.75 Å². The molecule has 1 atom stereocenters. The highest BCUT2D eigenvalue weighted by Gasteiger charge is 2.43. The maximum absolute atomic E-state index is 12.0. The molecule has 6 heteroatoms. The third kappa shape index (κ3) is 3.07. The number of hydrogen-bond acceptors (Lipinski definition) is 5. The van der Waals surface area contributed by atoms with Crippen LogP contribution in [0.3, 0.4) is 0 Å². The number of hydrazone groups is 1. The molecule has 0 saturated heterocycles. The summed E-state index contributed by atoms with van der Waals surface area (Å²) in [4.78, 5) is 12.9. The molecule has 0 spiro atoms. The Hall–Kier alpha value is -2.34. The van der Waals surface area contributed by atoms with Gasteiger partial charge in [-0.1, -0.05) is 18.2 Å². The molecule has 2 heterocycles. The molecule has 1 aliphatic rings. The molecule has 1 aromatic heterocycles. The van der Waals surface area contributed by atoms with Crippen LogP contribution in [-0.4, -0.2) is 29.6 Å². The first-order valence-electron chi connectivity index (χ1n) is 7.27. The number of carbonyl (C=O) groups is 1. The number of benzene rings is 1. The van der Waals surface area contributed by atoms with E-state index in [4.69, 9.17) is 9.47 Å². The molecule has 1 unspecified atom stereocenters. The first-order valence-corrected chi connectivity index (χ1v) is 8.15. The standard InChI is InChI=1S/C17H18N2O3S/c1-12(20)19-17(2,11-13-6-8-14(21-3)9-7-13)22-16(18-19)15-5-4-10-23-15/h4-10H,11H2,1-3H3.